The number of pyridine rings is 1. The monoisotopic (exact) mass is 246 g/mol. The van der Waals surface area contributed by atoms with Gasteiger partial charge in [0.15, 0.2) is 0 Å². The molecule has 0 aromatic carbocycles. The Morgan fingerprint density at radius 1 is 1.75 bits per heavy atom. The van der Waals surface area contributed by atoms with E-state index in [2.05, 4.69) is 10.3 Å². The van der Waals surface area contributed by atoms with Crippen LogP contribution in [0.5, 0.6) is 0 Å². The Morgan fingerprint density at radius 2 is 2.44 bits per heavy atom. The van der Waals surface area contributed by atoms with Gasteiger partial charge in [-0.3, -0.25) is 4.79 Å². The lowest BCUT2D eigenvalue weighted by molar-refractivity contribution is 0.0914. The summed E-state index contributed by atoms with van der Waals surface area (Å²) < 4.78 is 12.9. The van der Waals surface area contributed by atoms with Gasteiger partial charge in [-0.25, -0.2) is 9.37 Å². The Labute approximate surface area is 97.5 Å². The highest BCUT2D eigenvalue weighted by Crippen LogP contribution is 2.13. The van der Waals surface area contributed by atoms with Gasteiger partial charge in [-0.2, -0.15) is 0 Å². The largest absolute Gasteiger partial charge is 0.394 e. The standard InChI is InChI=1S/C10H12ClFN2O2/c1-2-7(5-15)14-10(16)8-3-6(12)4-13-9(8)11/h3-4,7,15H,2,5H2,1H3,(H,14,16). The van der Waals surface area contributed by atoms with E-state index in [1.54, 1.807) is 0 Å². The molecule has 0 aliphatic rings. The van der Waals surface area contributed by atoms with Gasteiger partial charge in [0.05, 0.1) is 24.4 Å². The third-order valence-electron chi connectivity index (χ3n) is 2.10. The molecule has 0 radical (unpaired) electrons. The highest BCUT2D eigenvalue weighted by molar-refractivity contribution is 6.32. The van der Waals surface area contributed by atoms with Crippen molar-refractivity contribution in [2.24, 2.45) is 0 Å². The summed E-state index contributed by atoms with van der Waals surface area (Å²) in [5, 5.41) is 11.4. The molecule has 88 valence electrons. The minimum Gasteiger partial charge on any atom is -0.394 e. The third-order valence-corrected chi connectivity index (χ3v) is 2.40. The van der Waals surface area contributed by atoms with E-state index < -0.39 is 11.7 Å². The molecule has 0 saturated carbocycles. The molecular formula is C10H12ClFN2O2. The number of hydrogen-bond acceptors (Lipinski definition) is 3. The Kier molecular flexibility index (Phi) is 4.64. The van der Waals surface area contributed by atoms with E-state index in [-0.39, 0.29) is 23.4 Å². The molecule has 0 aliphatic carbocycles. The van der Waals surface area contributed by atoms with Crippen molar-refractivity contribution in [3.8, 4) is 0 Å². The van der Waals surface area contributed by atoms with Crippen LogP contribution in [0.2, 0.25) is 5.15 Å². The highest BCUT2D eigenvalue weighted by atomic mass is 35.5. The van der Waals surface area contributed by atoms with Crippen LogP contribution in [0.25, 0.3) is 0 Å². The van der Waals surface area contributed by atoms with E-state index in [1.165, 1.54) is 0 Å². The molecule has 1 unspecified atom stereocenters. The number of amides is 1. The molecule has 0 saturated heterocycles. The normalized spacial score (nSPS) is 12.2. The van der Waals surface area contributed by atoms with Gasteiger partial charge in [0.2, 0.25) is 0 Å². The second-order valence-electron chi connectivity index (χ2n) is 3.25. The summed E-state index contributed by atoms with van der Waals surface area (Å²) >= 11 is 5.66. The maximum atomic E-state index is 12.9. The Bertz CT molecular complexity index is 383. The molecule has 1 rings (SSSR count). The van der Waals surface area contributed by atoms with Crippen LogP contribution in [0.1, 0.15) is 23.7 Å². The van der Waals surface area contributed by atoms with E-state index in [0.717, 1.165) is 12.3 Å². The second-order valence-corrected chi connectivity index (χ2v) is 3.61. The lowest BCUT2D eigenvalue weighted by Crippen LogP contribution is -2.37. The van der Waals surface area contributed by atoms with Gasteiger partial charge in [0.25, 0.3) is 5.91 Å². The van der Waals surface area contributed by atoms with Crippen LogP contribution in [0.15, 0.2) is 12.3 Å². The van der Waals surface area contributed by atoms with Crippen molar-refractivity contribution in [2.75, 3.05) is 6.61 Å². The number of nitrogens with zero attached hydrogens (tertiary/aromatic N) is 1. The molecule has 2 N–H and O–H groups in total. The predicted octanol–water partition coefficient (Wildman–Crippen LogP) is 1.37. The van der Waals surface area contributed by atoms with Gasteiger partial charge in [0, 0.05) is 0 Å². The number of aliphatic hydroxyl groups is 1. The molecule has 0 aliphatic heterocycles. The number of halogens is 2. The molecule has 0 bridgehead atoms. The number of aromatic nitrogens is 1. The molecule has 16 heavy (non-hydrogen) atoms. The smallest absolute Gasteiger partial charge is 0.254 e. The third kappa shape index (κ3) is 3.15. The average molecular weight is 247 g/mol. The van der Waals surface area contributed by atoms with Gasteiger partial charge in [-0.15, -0.1) is 0 Å². The minimum absolute atomic E-state index is 0.0337. The summed E-state index contributed by atoms with van der Waals surface area (Å²) in [6, 6.07) is 0.640. The number of hydrogen-bond donors (Lipinski definition) is 2. The van der Waals surface area contributed by atoms with E-state index in [9.17, 15) is 9.18 Å². The van der Waals surface area contributed by atoms with Gasteiger partial charge in [-0.1, -0.05) is 18.5 Å². The van der Waals surface area contributed by atoms with Crippen LogP contribution in [-0.2, 0) is 0 Å². The molecule has 6 heteroatoms. The summed E-state index contributed by atoms with van der Waals surface area (Å²) in [6.45, 7) is 1.63. The van der Waals surface area contributed by atoms with E-state index in [0.29, 0.717) is 6.42 Å². The maximum absolute atomic E-state index is 12.9. The number of carbonyl (C=O) groups excluding carboxylic acids is 1. The first kappa shape index (κ1) is 12.9. The molecule has 0 fully saturated rings. The zero-order chi connectivity index (χ0) is 12.1. The fourth-order valence-corrected chi connectivity index (χ4v) is 1.31. The van der Waals surface area contributed by atoms with E-state index in [4.69, 9.17) is 16.7 Å². The lowest BCUT2D eigenvalue weighted by Gasteiger charge is -2.14. The number of nitrogens with one attached hydrogen (secondary N) is 1. The Balaban J connectivity index is 2.83. The molecule has 1 atom stereocenters. The van der Waals surface area contributed by atoms with Crippen LogP contribution < -0.4 is 5.32 Å². The fraction of sp³-hybridized carbons (Fsp3) is 0.400. The number of carbonyl (C=O) groups is 1. The van der Waals surface area contributed by atoms with Crippen molar-refractivity contribution in [3.63, 3.8) is 0 Å². The summed E-state index contributed by atoms with van der Waals surface area (Å²) in [5.41, 5.74) is -0.0337. The van der Waals surface area contributed by atoms with Crippen LogP contribution in [-0.4, -0.2) is 28.6 Å². The molecule has 1 aromatic heterocycles. The van der Waals surface area contributed by atoms with Crippen molar-refractivity contribution < 1.29 is 14.3 Å². The predicted molar refractivity (Wildman–Crippen MR) is 57.8 cm³/mol. The van der Waals surface area contributed by atoms with Crippen LogP contribution in [0.4, 0.5) is 4.39 Å². The van der Waals surface area contributed by atoms with Crippen LogP contribution >= 0.6 is 11.6 Å². The summed E-state index contributed by atoms with van der Waals surface area (Å²) in [7, 11) is 0. The van der Waals surface area contributed by atoms with Gasteiger partial charge in [0.1, 0.15) is 11.0 Å². The van der Waals surface area contributed by atoms with Gasteiger partial charge in [-0.05, 0) is 12.5 Å². The highest BCUT2D eigenvalue weighted by Gasteiger charge is 2.15. The first-order chi connectivity index (χ1) is 7.58. The number of rotatable bonds is 4. The maximum Gasteiger partial charge on any atom is 0.254 e. The molecule has 1 aromatic rings. The van der Waals surface area contributed by atoms with Crippen molar-refractivity contribution in [1.82, 2.24) is 10.3 Å². The molecular weight excluding hydrogens is 235 g/mol. The Morgan fingerprint density at radius 3 is 3.00 bits per heavy atom. The van der Waals surface area contributed by atoms with Gasteiger partial charge < -0.3 is 10.4 Å². The van der Waals surface area contributed by atoms with Crippen molar-refractivity contribution in [2.45, 2.75) is 19.4 Å². The first-order valence-corrected chi connectivity index (χ1v) is 5.19. The quantitative estimate of drug-likeness (QED) is 0.789. The molecule has 1 heterocycles. The Hall–Kier alpha value is -1.20. The van der Waals surface area contributed by atoms with E-state index in [1.807, 2.05) is 6.92 Å². The van der Waals surface area contributed by atoms with Crippen molar-refractivity contribution >= 4 is 17.5 Å². The summed E-state index contributed by atoms with van der Waals surface area (Å²) in [5.74, 6) is -1.18. The van der Waals surface area contributed by atoms with Crippen LogP contribution in [0.3, 0.4) is 0 Å². The lowest BCUT2D eigenvalue weighted by atomic mass is 10.2. The zero-order valence-electron chi connectivity index (χ0n) is 8.70. The summed E-state index contributed by atoms with van der Waals surface area (Å²) in [4.78, 5) is 15.2. The number of aliphatic hydroxyl groups excluding tert-OH is 1. The summed E-state index contributed by atoms with van der Waals surface area (Å²) in [6.07, 6.45) is 1.51. The van der Waals surface area contributed by atoms with Crippen molar-refractivity contribution in [1.29, 1.82) is 0 Å². The molecule has 0 spiro atoms. The SMILES string of the molecule is CCC(CO)NC(=O)c1cc(F)cnc1Cl. The van der Waals surface area contributed by atoms with Crippen LogP contribution in [0, 0.1) is 5.82 Å². The minimum atomic E-state index is -0.633. The molecule has 4 nitrogen and oxygen atoms in total. The average Bonchev–Trinajstić information content (AvgIpc) is 2.28. The van der Waals surface area contributed by atoms with Gasteiger partial charge >= 0.3 is 0 Å². The zero-order valence-corrected chi connectivity index (χ0v) is 9.46. The topological polar surface area (TPSA) is 62.2 Å². The fourth-order valence-electron chi connectivity index (χ4n) is 1.12. The molecule has 1 amide bonds. The van der Waals surface area contributed by atoms with Crippen molar-refractivity contribution in [3.05, 3.63) is 28.8 Å². The second kappa shape index (κ2) is 5.77. The van der Waals surface area contributed by atoms with E-state index >= 15 is 0 Å². The first-order valence-electron chi connectivity index (χ1n) is 4.81.